The average molecular weight is 404 g/mol. The van der Waals surface area contributed by atoms with Crippen molar-refractivity contribution in [2.75, 3.05) is 19.0 Å². The molecule has 144 valence electrons. The zero-order chi connectivity index (χ0) is 20.0. The summed E-state index contributed by atoms with van der Waals surface area (Å²) in [6, 6.07) is 6.96. The molecule has 0 aromatic heterocycles. The van der Waals surface area contributed by atoms with Gasteiger partial charge in [-0.25, -0.2) is 9.18 Å². The zero-order valence-corrected chi connectivity index (χ0v) is 14.6. The highest BCUT2D eigenvalue weighted by Crippen LogP contribution is 2.29. The van der Waals surface area contributed by atoms with E-state index in [1.165, 1.54) is 19.2 Å². The first kappa shape index (κ1) is 20.4. The monoisotopic (exact) mass is 403 g/mol. The summed E-state index contributed by atoms with van der Waals surface area (Å²) in [5, 5.41) is 2.42. The lowest BCUT2D eigenvalue weighted by molar-refractivity contribution is -0.119. The third kappa shape index (κ3) is 5.78. The van der Waals surface area contributed by atoms with Gasteiger partial charge in [-0.15, -0.1) is 0 Å². The standard InChI is InChI=1S/C17H13ClF3NO5/c1-25-14-6-9(2-5-13(14)27-17(20)21)16(24)26-8-15(23)22-12-7-10(18)3-4-11(12)19/h2-7,17H,8H2,1H3,(H,22,23). The van der Waals surface area contributed by atoms with E-state index in [4.69, 9.17) is 21.1 Å². The summed E-state index contributed by atoms with van der Waals surface area (Å²) in [4.78, 5) is 23.8. The topological polar surface area (TPSA) is 73.9 Å². The van der Waals surface area contributed by atoms with Gasteiger partial charge in [-0.3, -0.25) is 4.79 Å². The molecule has 0 aliphatic heterocycles. The molecule has 0 atom stereocenters. The Morgan fingerprint density at radius 2 is 1.89 bits per heavy atom. The van der Waals surface area contributed by atoms with Crippen LogP contribution in [0.3, 0.4) is 0 Å². The molecule has 2 aromatic rings. The molecular weight excluding hydrogens is 391 g/mol. The summed E-state index contributed by atoms with van der Waals surface area (Å²) in [5.74, 6) is -2.81. The van der Waals surface area contributed by atoms with Crippen molar-refractivity contribution in [1.29, 1.82) is 0 Å². The molecule has 27 heavy (non-hydrogen) atoms. The van der Waals surface area contributed by atoms with Crippen LogP contribution in [0.5, 0.6) is 11.5 Å². The van der Waals surface area contributed by atoms with Crippen molar-refractivity contribution in [1.82, 2.24) is 0 Å². The number of anilines is 1. The number of alkyl halides is 2. The molecule has 0 heterocycles. The largest absolute Gasteiger partial charge is 0.493 e. The van der Waals surface area contributed by atoms with E-state index in [-0.39, 0.29) is 27.8 Å². The van der Waals surface area contributed by atoms with E-state index in [0.717, 1.165) is 24.3 Å². The van der Waals surface area contributed by atoms with Crippen LogP contribution in [0.2, 0.25) is 5.02 Å². The first-order valence-electron chi connectivity index (χ1n) is 7.35. The Hall–Kier alpha value is -2.94. The lowest BCUT2D eigenvalue weighted by Crippen LogP contribution is -2.21. The molecule has 0 unspecified atom stereocenters. The Balaban J connectivity index is 1.98. The Morgan fingerprint density at radius 3 is 2.56 bits per heavy atom. The summed E-state index contributed by atoms with van der Waals surface area (Å²) in [5.41, 5.74) is -0.228. The van der Waals surface area contributed by atoms with Gasteiger partial charge in [0.2, 0.25) is 0 Å². The van der Waals surface area contributed by atoms with Crippen LogP contribution in [0.1, 0.15) is 10.4 Å². The van der Waals surface area contributed by atoms with Crippen LogP contribution in [0, 0.1) is 5.82 Å². The molecule has 0 radical (unpaired) electrons. The molecule has 6 nitrogen and oxygen atoms in total. The van der Waals surface area contributed by atoms with Gasteiger partial charge in [0.05, 0.1) is 18.4 Å². The third-order valence-corrected chi connectivity index (χ3v) is 3.39. The predicted octanol–water partition coefficient (Wildman–Crippen LogP) is 3.88. The van der Waals surface area contributed by atoms with Gasteiger partial charge in [-0.05, 0) is 36.4 Å². The minimum absolute atomic E-state index is 0.0600. The van der Waals surface area contributed by atoms with Crippen LogP contribution < -0.4 is 14.8 Å². The Labute approximate surface area is 156 Å². The van der Waals surface area contributed by atoms with Gasteiger partial charge in [-0.1, -0.05) is 11.6 Å². The molecule has 0 saturated carbocycles. The lowest BCUT2D eigenvalue weighted by atomic mass is 10.2. The highest BCUT2D eigenvalue weighted by Gasteiger charge is 2.16. The number of halogens is 4. The molecule has 2 aromatic carbocycles. The van der Waals surface area contributed by atoms with Crippen LogP contribution in [-0.2, 0) is 9.53 Å². The fraction of sp³-hybridized carbons (Fsp3) is 0.176. The number of carbonyl (C=O) groups is 2. The van der Waals surface area contributed by atoms with Crippen molar-refractivity contribution in [2.45, 2.75) is 6.61 Å². The van der Waals surface area contributed by atoms with E-state index in [1.807, 2.05) is 0 Å². The smallest absolute Gasteiger partial charge is 0.387 e. The second-order valence-electron chi connectivity index (χ2n) is 4.99. The van der Waals surface area contributed by atoms with Crippen molar-refractivity contribution < 1.29 is 37.0 Å². The number of rotatable bonds is 7. The van der Waals surface area contributed by atoms with E-state index in [9.17, 15) is 22.8 Å². The van der Waals surface area contributed by atoms with Crippen LogP contribution >= 0.6 is 11.6 Å². The van der Waals surface area contributed by atoms with Crippen LogP contribution in [-0.4, -0.2) is 32.2 Å². The van der Waals surface area contributed by atoms with Crippen molar-refractivity contribution in [3.8, 4) is 11.5 Å². The van der Waals surface area contributed by atoms with Gasteiger partial charge in [0.15, 0.2) is 18.1 Å². The maximum absolute atomic E-state index is 13.5. The quantitative estimate of drug-likeness (QED) is 0.710. The van der Waals surface area contributed by atoms with E-state index < -0.39 is 30.9 Å². The highest BCUT2D eigenvalue weighted by molar-refractivity contribution is 6.30. The third-order valence-electron chi connectivity index (χ3n) is 3.15. The lowest BCUT2D eigenvalue weighted by Gasteiger charge is -2.11. The van der Waals surface area contributed by atoms with Crippen LogP contribution in [0.4, 0.5) is 18.9 Å². The number of amides is 1. The molecule has 0 fully saturated rings. The zero-order valence-electron chi connectivity index (χ0n) is 13.8. The molecule has 0 bridgehead atoms. The van der Waals surface area contributed by atoms with Gasteiger partial charge >= 0.3 is 12.6 Å². The van der Waals surface area contributed by atoms with Crippen LogP contribution in [0.15, 0.2) is 36.4 Å². The normalized spacial score (nSPS) is 10.4. The van der Waals surface area contributed by atoms with Gasteiger partial charge < -0.3 is 19.5 Å². The van der Waals surface area contributed by atoms with Gasteiger partial charge in [0.1, 0.15) is 5.82 Å². The van der Waals surface area contributed by atoms with E-state index in [1.54, 1.807) is 0 Å². The molecule has 0 spiro atoms. The SMILES string of the molecule is COc1cc(C(=O)OCC(=O)Nc2cc(Cl)ccc2F)ccc1OC(F)F. The number of methoxy groups -OCH3 is 1. The summed E-state index contributed by atoms with van der Waals surface area (Å²) in [7, 11) is 1.20. The fourth-order valence-corrected chi connectivity index (χ4v) is 2.15. The predicted molar refractivity (Wildman–Crippen MR) is 89.9 cm³/mol. The number of hydrogen-bond donors (Lipinski definition) is 1. The number of benzene rings is 2. The minimum atomic E-state index is -3.06. The number of esters is 1. The summed E-state index contributed by atoms with van der Waals surface area (Å²) in [6.07, 6.45) is 0. The van der Waals surface area contributed by atoms with Crippen molar-refractivity contribution in [3.05, 3.63) is 52.8 Å². The Kier molecular flexibility index (Phi) is 6.89. The molecule has 0 aliphatic rings. The molecule has 2 rings (SSSR count). The first-order valence-corrected chi connectivity index (χ1v) is 7.73. The average Bonchev–Trinajstić information content (AvgIpc) is 2.62. The fourth-order valence-electron chi connectivity index (χ4n) is 1.98. The number of nitrogens with one attached hydrogen (secondary N) is 1. The summed E-state index contributed by atoms with van der Waals surface area (Å²) < 4.78 is 52.0. The molecule has 0 saturated heterocycles. The molecule has 10 heteroatoms. The second kappa shape index (κ2) is 9.13. The minimum Gasteiger partial charge on any atom is -0.493 e. The van der Waals surface area contributed by atoms with Crippen LogP contribution in [0.25, 0.3) is 0 Å². The number of hydrogen-bond acceptors (Lipinski definition) is 5. The van der Waals surface area contributed by atoms with Crippen molar-refractivity contribution in [2.24, 2.45) is 0 Å². The molecular formula is C17H13ClF3NO5. The van der Waals surface area contributed by atoms with Crippen molar-refractivity contribution in [3.63, 3.8) is 0 Å². The van der Waals surface area contributed by atoms with E-state index in [0.29, 0.717) is 0 Å². The number of carbonyl (C=O) groups excluding carboxylic acids is 2. The molecule has 1 amide bonds. The van der Waals surface area contributed by atoms with E-state index in [2.05, 4.69) is 10.1 Å². The summed E-state index contributed by atoms with van der Waals surface area (Å²) >= 11 is 5.71. The van der Waals surface area contributed by atoms with Gasteiger partial charge in [-0.2, -0.15) is 8.78 Å². The maximum Gasteiger partial charge on any atom is 0.387 e. The molecule has 1 N–H and O–H groups in total. The Bertz CT molecular complexity index is 847. The van der Waals surface area contributed by atoms with Gasteiger partial charge in [0.25, 0.3) is 5.91 Å². The first-order chi connectivity index (χ1) is 12.8. The Morgan fingerprint density at radius 1 is 1.15 bits per heavy atom. The maximum atomic E-state index is 13.5. The number of ether oxygens (including phenoxy) is 3. The highest BCUT2D eigenvalue weighted by atomic mass is 35.5. The van der Waals surface area contributed by atoms with Crippen molar-refractivity contribution >= 4 is 29.2 Å². The molecule has 0 aliphatic carbocycles. The van der Waals surface area contributed by atoms with Gasteiger partial charge in [0, 0.05) is 5.02 Å². The van der Waals surface area contributed by atoms with E-state index >= 15 is 0 Å². The summed E-state index contributed by atoms with van der Waals surface area (Å²) in [6.45, 7) is -3.77. The second-order valence-corrected chi connectivity index (χ2v) is 5.43.